The lowest BCUT2D eigenvalue weighted by atomic mass is 9.79. The van der Waals surface area contributed by atoms with Crippen molar-refractivity contribution in [2.45, 2.75) is 19.3 Å². The second-order valence-electron chi connectivity index (χ2n) is 12.4. The van der Waals surface area contributed by atoms with E-state index < -0.39 is 0 Å². The van der Waals surface area contributed by atoms with Crippen molar-refractivity contribution in [3.8, 4) is 33.4 Å². The molecular formula is C43H30. The van der Waals surface area contributed by atoms with Gasteiger partial charge in [0.1, 0.15) is 0 Å². The summed E-state index contributed by atoms with van der Waals surface area (Å²) in [6, 6.07) is 54.1. The fourth-order valence-corrected chi connectivity index (χ4v) is 7.91. The standard InChI is InChI=1S/C43H30/c1-43(2)38-25-12-11-23-36(38)42-31-18-6-5-17-29(31)37(26-39(42)43)41-34-21-9-7-19-32(34)40(33-20-8-10-22-35(33)41)30-24-13-15-27-14-3-4-16-28(27)30/h3-26H,1-2H3. The van der Waals surface area contributed by atoms with Gasteiger partial charge in [-0.15, -0.1) is 0 Å². The molecule has 9 rings (SSSR count). The van der Waals surface area contributed by atoms with E-state index in [-0.39, 0.29) is 5.41 Å². The molecule has 0 spiro atoms. The van der Waals surface area contributed by atoms with Crippen LogP contribution in [0.15, 0.2) is 146 Å². The fourth-order valence-electron chi connectivity index (χ4n) is 7.91. The minimum atomic E-state index is -0.0841. The SMILES string of the molecule is CC1(C)c2ccccc2-c2c1cc(-c1c3ccccc3c(-c3cccc4ccccc34)c3ccccc13)c1ccccc21. The Kier molecular flexibility index (Phi) is 5.05. The first-order valence-corrected chi connectivity index (χ1v) is 15.2. The highest BCUT2D eigenvalue weighted by Gasteiger charge is 2.37. The zero-order chi connectivity index (χ0) is 28.7. The zero-order valence-electron chi connectivity index (χ0n) is 24.4. The Morgan fingerprint density at radius 2 is 0.767 bits per heavy atom. The predicted molar refractivity (Wildman–Crippen MR) is 185 cm³/mol. The van der Waals surface area contributed by atoms with Crippen molar-refractivity contribution in [1.82, 2.24) is 0 Å². The quantitative estimate of drug-likeness (QED) is 0.189. The van der Waals surface area contributed by atoms with E-state index in [4.69, 9.17) is 0 Å². The number of benzene rings is 8. The van der Waals surface area contributed by atoms with Crippen LogP contribution in [0.2, 0.25) is 0 Å². The summed E-state index contributed by atoms with van der Waals surface area (Å²) < 4.78 is 0. The number of hydrogen-bond acceptors (Lipinski definition) is 0. The lowest BCUT2D eigenvalue weighted by Crippen LogP contribution is -2.15. The zero-order valence-corrected chi connectivity index (χ0v) is 24.4. The van der Waals surface area contributed by atoms with Crippen molar-refractivity contribution < 1.29 is 0 Å². The Labute approximate surface area is 251 Å². The highest BCUT2D eigenvalue weighted by Crippen LogP contribution is 2.54. The molecule has 0 heteroatoms. The van der Waals surface area contributed by atoms with Gasteiger partial charge in [0.15, 0.2) is 0 Å². The second kappa shape index (κ2) is 8.90. The first-order chi connectivity index (χ1) is 21.1. The monoisotopic (exact) mass is 546 g/mol. The molecule has 8 aromatic carbocycles. The second-order valence-corrected chi connectivity index (χ2v) is 12.4. The van der Waals surface area contributed by atoms with Crippen LogP contribution < -0.4 is 0 Å². The Morgan fingerprint density at radius 1 is 0.326 bits per heavy atom. The van der Waals surface area contributed by atoms with Gasteiger partial charge in [-0.2, -0.15) is 0 Å². The van der Waals surface area contributed by atoms with Crippen molar-refractivity contribution in [2.75, 3.05) is 0 Å². The molecule has 0 bridgehead atoms. The lowest BCUT2D eigenvalue weighted by Gasteiger charge is -2.24. The van der Waals surface area contributed by atoms with Gasteiger partial charge < -0.3 is 0 Å². The molecule has 0 fully saturated rings. The van der Waals surface area contributed by atoms with Gasteiger partial charge in [-0.1, -0.05) is 153 Å². The summed E-state index contributed by atoms with van der Waals surface area (Å²) >= 11 is 0. The first-order valence-electron chi connectivity index (χ1n) is 15.2. The van der Waals surface area contributed by atoms with E-state index in [0.29, 0.717) is 0 Å². The predicted octanol–water partition coefficient (Wildman–Crippen LogP) is 11.9. The molecule has 0 nitrogen and oxygen atoms in total. The molecule has 1 aliphatic carbocycles. The molecule has 0 aliphatic heterocycles. The Balaban J connectivity index is 1.46. The van der Waals surface area contributed by atoms with Crippen LogP contribution in [-0.2, 0) is 5.41 Å². The van der Waals surface area contributed by atoms with Crippen molar-refractivity contribution in [3.63, 3.8) is 0 Å². The van der Waals surface area contributed by atoms with E-state index in [1.165, 1.54) is 87.6 Å². The highest BCUT2D eigenvalue weighted by atomic mass is 14.4. The third-order valence-corrected chi connectivity index (χ3v) is 9.85. The van der Waals surface area contributed by atoms with Gasteiger partial charge in [-0.05, 0) is 93.7 Å². The smallest absolute Gasteiger partial charge is 0.0159 e. The number of fused-ring (bicyclic) bond motifs is 8. The number of hydrogen-bond donors (Lipinski definition) is 0. The Hall–Kier alpha value is -5.20. The summed E-state index contributed by atoms with van der Waals surface area (Å²) in [5.74, 6) is 0. The summed E-state index contributed by atoms with van der Waals surface area (Å²) in [6.45, 7) is 4.77. The summed E-state index contributed by atoms with van der Waals surface area (Å²) in [5.41, 5.74) is 10.7. The molecule has 8 aromatic rings. The van der Waals surface area contributed by atoms with Crippen LogP contribution in [-0.4, -0.2) is 0 Å². The fraction of sp³-hybridized carbons (Fsp3) is 0.0698. The van der Waals surface area contributed by atoms with E-state index >= 15 is 0 Å². The van der Waals surface area contributed by atoms with Crippen molar-refractivity contribution in [3.05, 3.63) is 157 Å². The maximum Gasteiger partial charge on any atom is 0.0159 e. The van der Waals surface area contributed by atoms with Gasteiger partial charge in [-0.25, -0.2) is 0 Å². The van der Waals surface area contributed by atoms with Gasteiger partial charge in [0.25, 0.3) is 0 Å². The van der Waals surface area contributed by atoms with Crippen LogP contribution in [0.4, 0.5) is 0 Å². The van der Waals surface area contributed by atoms with Gasteiger partial charge in [0.05, 0.1) is 0 Å². The molecule has 0 unspecified atom stereocenters. The molecular weight excluding hydrogens is 516 g/mol. The summed E-state index contributed by atoms with van der Waals surface area (Å²) in [7, 11) is 0. The molecule has 0 amide bonds. The molecule has 202 valence electrons. The molecule has 43 heavy (non-hydrogen) atoms. The largest absolute Gasteiger partial charge is 0.0619 e. The van der Waals surface area contributed by atoms with Gasteiger partial charge >= 0.3 is 0 Å². The van der Waals surface area contributed by atoms with Crippen LogP contribution in [0, 0.1) is 0 Å². The van der Waals surface area contributed by atoms with Crippen molar-refractivity contribution in [1.29, 1.82) is 0 Å². The van der Waals surface area contributed by atoms with Crippen LogP contribution in [0.25, 0.3) is 76.5 Å². The maximum absolute atomic E-state index is 2.52. The summed E-state index contributed by atoms with van der Waals surface area (Å²) in [6.07, 6.45) is 0. The molecule has 0 heterocycles. The minimum absolute atomic E-state index is 0.0841. The average Bonchev–Trinajstić information content (AvgIpc) is 3.29. The van der Waals surface area contributed by atoms with E-state index in [0.717, 1.165) is 0 Å². The average molecular weight is 547 g/mol. The minimum Gasteiger partial charge on any atom is -0.0619 e. The van der Waals surface area contributed by atoms with Gasteiger partial charge in [-0.3, -0.25) is 0 Å². The third kappa shape index (κ3) is 3.32. The topological polar surface area (TPSA) is 0 Å². The Morgan fingerprint density at radius 3 is 1.42 bits per heavy atom. The molecule has 0 radical (unpaired) electrons. The third-order valence-electron chi connectivity index (χ3n) is 9.85. The maximum atomic E-state index is 2.52. The van der Waals surface area contributed by atoms with Crippen LogP contribution in [0.5, 0.6) is 0 Å². The normalized spacial score (nSPS) is 13.5. The van der Waals surface area contributed by atoms with Crippen LogP contribution in [0.1, 0.15) is 25.0 Å². The van der Waals surface area contributed by atoms with Crippen LogP contribution >= 0.6 is 0 Å². The Bertz CT molecular complexity index is 2360. The van der Waals surface area contributed by atoms with Crippen molar-refractivity contribution in [2.24, 2.45) is 0 Å². The van der Waals surface area contributed by atoms with Crippen molar-refractivity contribution >= 4 is 43.1 Å². The van der Waals surface area contributed by atoms with Crippen LogP contribution in [0.3, 0.4) is 0 Å². The van der Waals surface area contributed by atoms with E-state index in [1.54, 1.807) is 0 Å². The molecule has 0 N–H and O–H groups in total. The molecule has 0 atom stereocenters. The van der Waals surface area contributed by atoms with Gasteiger partial charge in [0, 0.05) is 5.41 Å². The first kappa shape index (κ1) is 24.4. The summed E-state index contributed by atoms with van der Waals surface area (Å²) in [5, 5.41) is 10.4. The van der Waals surface area contributed by atoms with E-state index in [2.05, 4.69) is 159 Å². The summed E-state index contributed by atoms with van der Waals surface area (Å²) in [4.78, 5) is 0. The van der Waals surface area contributed by atoms with E-state index in [1.807, 2.05) is 0 Å². The molecule has 0 aromatic heterocycles. The highest BCUT2D eigenvalue weighted by molar-refractivity contribution is 6.26. The molecule has 1 aliphatic rings. The molecule has 0 saturated heterocycles. The molecule has 0 saturated carbocycles. The number of rotatable bonds is 2. The van der Waals surface area contributed by atoms with Gasteiger partial charge in [0.2, 0.25) is 0 Å². The lowest BCUT2D eigenvalue weighted by molar-refractivity contribution is 0.661. The van der Waals surface area contributed by atoms with E-state index in [9.17, 15) is 0 Å².